The van der Waals surface area contributed by atoms with Crippen LogP contribution in [0.3, 0.4) is 0 Å². The van der Waals surface area contributed by atoms with Gasteiger partial charge in [0.25, 0.3) is 0 Å². The van der Waals surface area contributed by atoms with Gasteiger partial charge in [0.1, 0.15) is 23.8 Å². The number of nitrogens with zero attached hydrogens (tertiary/aromatic N) is 6. The van der Waals surface area contributed by atoms with Gasteiger partial charge in [-0.25, -0.2) is 0 Å². The average Bonchev–Trinajstić information content (AvgIpc) is 2.98. The number of phenols is 2. The molecule has 2 N–H and O–H groups in total. The van der Waals surface area contributed by atoms with Crippen LogP contribution >= 0.6 is 0 Å². The Morgan fingerprint density at radius 3 is 1.85 bits per heavy atom. The summed E-state index contributed by atoms with van der Waals surface area (Å²) in [6.07, 6.45) is 10.8. The van der Waals surface area contributed by atoms with Crippen LogP contribution in [0.25, 0.3) is 4.85 Å². The number of aliphatic imine (C=N–C) groups is 2. The summed E-state index contributed by atoms with van der Waals surface area (Å²) in [7, 11) is 0. The average molecular weight is 539 g/mol. The lowest BCUT2D eigenvalue weighted by Gasteiger charge is -2.32. The normalized spacial score (nSPS) is 15.5. The Kier molecular flexibility index (Phi) is 9.81. The molecule has 8 nitrogen and oxygen atoms in total. The zero-order valence-electron chi connectivity index (χ0n) is 23.5. The SMILES string of the molecule is [C-]#[N+]C(/N=C/c1ccc2c(c1O)CCCN2CCCC)=C(\C#N)N=Cc1ccc2c(c1O)CCCN2CCCC. The van der Waals surface area contributed by atoms with Crippen LogP contribution in [0.2, 0.25) is 0 Å². The third-order valence-corrected chi connectivity index (χ3v) is 7.61. The van der Waals surface area contributed by atoms with Gasteiger partial charge in [0, 0.05) is 60.5 Å². The van der Waals surface area contributed by atoms with Crippen molar-refractivity contribution in [2.24, 2.45) is 9.98 Å². The summed E-state index contributed by atoms with van der Waals surface area (Å²) >= 11 is 0. The van der Waals surface area contributed by atoms with Crippen molar-refractivity contribution in [3.63, 3.8) is 0 Å². The molecule has 2 aromatic rings. The van der Waals surface area contributed by atoms with Gasteiger partial charge in [-0.3, -0.25) is 4.99 Å². The lowest BCUT2D eigenvalue weighted by Crippen LogP contribution is -2.30. The predicted octanol–water partition coefficient (Wildman–Crippen LogP) is 6.35. The maximum atomic E-state index is 11.0. The van der Waals surface area contributed by atoms with E-state index in [1.54, 1.807) is 12.1 Å². The molecule has 0 bridgehead atoms. The van der Waals surface area contributed by atoms with E-state index in [-0.39, 0.29) is 23.0 Å². The van der Waals surface area contributed by atoms with Crippen LogP contribution in [0, 0.1) is 17.9 Å². The summed E-state index contributed by atoms with van der Waals surface area (Å²) in [5.41, 5.74) is 4.74. The summed E-state index contributed by atoms with van der Waals surface area (Å²) in [6, 6.07) is 9.55. The van der Waals surface area contributed by atoms with Gasteiger partial charge in [0.15, 0.2) is 5.70 Å². The molecule has 0 atom stereocenters. The second-order valence-corrected chi connectivity index (χ2v) is 10.3. The zero-order chi connectivity index (χ0) is 28.5. The van der Waals surface area contributed by atoms with Crippen molar-refractivity contribution in [2.45, 2.75) is 65.2 Å². The van der Waals surface area contributed by atoms with Gasteiger partial charge in [0.2, 0.25) is 0 Å². The smallest absolute Gasteiger partial charge is 0.306 e. The molecular formula is C32H38N6O2. The van der Waals surface area contributed by atoms with Crippen LogP contribution in [-0.2, 0) is 12.8 Å². The molecule has 0 fully saturated rings. The molecule has 0 aliphatic carbocycles. The van der Waals surface area contributed by atoms with Crippen LogP contribution in [0.4, 0.5) is 11.4 Å². The fourth-order valence-corrected chi connectivity index (χ4v) is 5.42. The molecule has 4 rings (SSSR count). The third kappa shape index (κ3) is 6.29. The van der Waals surface area contributed by atoms with Crippen molar-refractivity contribution in [1.29, 1.82) is 5.26 Å². The minimum atomic E-state index is -0.177. The van der Waals surface area contributed by atoms with E-state index in [0.717, 1.165) is 100 Å². The van der Waals surface area contributed by atoms with Crippen LogP contribution in [0.5, 0.6) is 11.5 Å². The highest BCUT2D eigenvalue weighted by molar-refractivity contribution is 5.88. The first-order valence-corrected chi connectivity index (χ1v) is 14.3. The number of allylic oxidation sites excluding steroid dienone is 1. The number of nitriles is 1. The lowest BCUT2D eigenvalue weighted by molar-refractivity contribution is 0.463. The second kappa shape index (κ2) is 13.7. The molecular weight excluding hydrogens is 500 g/mol. The molecule has 2 aliphatic rings. The molecule has 40 heavy (non-hydrogen) atoms. The van der Waals surface area contributed by atoms with Gasteiger partial charge < -0.3 is 24.9 Å². The standard InChI is InChI=1S/C32H38N6O2/c1-4-6-16-37-18-8-10-25-28(37)14-12-23(30(25)39)21-35-27(20-33)32(34-3)36-22-24-13-15-29-26(31(24)40)11-9-19-38(29)17-7-5-2/h12-15,21-22,39-40H,4-11,16-19H2,1-2H3/b32-27-,35-21?,36-22+. The number of aromatic hydroxyl groups is 2. The number of rotatable bonds is 10. The van der Waals surface area contributed by atoms with Crippen molar-refractivity contribution in [3.8, 4) is 17.6 Å². The van der Waals surface area contributed by atoms with Gasteiger partial charge in [-0.1, -0.05) is 33.3 Å². The van der Waals surface area contributed by atoms with Gasteiger partial charge >= 0.3 is 5.82 Å². The zero-order valence-corrected chi connectivity index (χ0v) is 23.5. The summed E-state index contributed by atoms with van der Waals surface area (Å²) in [6.45, 7) is 15.8. The fraction of sp³-hybridized carbons (Fsp3) is 0.438. The highest BCUT2D eigenvalue weighted by Gasteiger charge is 2.22. The largest absolute Gasteiger partial charge is 0.507 e. The highest BCUT2D eigenvalue weighted by Crippen LogP contribution is 2.37. The van der Waals surface area contributed by atoms with E-state index in [4.69, 9.17) is 6.57 Å². The Hall–Kier alpha value is -4.30. The van der Waals surface area contributed by atoms with Crippen LogP contribution < -0.4 is 9.80 Å². The molecule has 2 heterocycles. The predicted molar refractivity (Wildman–Crippen MR) is 162 cm³/mol. The van der Waals surface area contributed by atoms with Crippen molar-refractivity contribution in [2.75, 3.05) is 36.0 Å². The molecule has 0 saturated carbocycles. The van der Waals surface area contributed by atoms with Crippen molar-refractivity contribution >= 4 is 23.8 Å². The Morgan fingerprint density at radius 1 is 0.900 bits per heavy atom. The second-order valence-electron chi connectivity index (χ2n) is 10.3. The quantitative estimate of drug-likeness (QED) is 0.208. The van der Waals surface area contributed by atoms with E-state index in [1.807, 2.05) is 18.2 Å². The van der Waals surface area contributed by atoms with E-state index in [1.165, 1.54) is 12.4 Å². The Labute approximate surface area is 237 Å². The first kappa shape index (κ1) is 28.7. The van der Waals surface area contributed by atoms with Gasteiger partial charge in [-0.05, 0) is 62.8 Å². The number of benzene rings is 2. The molecule has 0 amide bonds. The summed E-state index contributed by atoms with van der Waals surface area (Å²) < 4.78 is 0. The molecule has 8 heteroatoms. The number of anilines is 2. The van der Waals surface area contributed by atoms with Crippen molar-refractivity contribution < 1.29 is 10.2 Å². The Balaban J connectivity index is 1.57. The summed E-state index contributed by atoms with van der Waals surface area (Å²) in [5, 5.41) is 31.7. The topological polar surface area (TPSA) is 99.8 Å². The monoisotopic (exact) mass is 538 g/mol. The first-order chi connectivity index (χ1) is 19.5. The van der Waals surface area contributed by atoms with Gasteiger partial charge in [-0.15, -0.1) is 4.99 Å². The first-order valence-electron chi connectivity index (χ1n) is 14.3. The Morgan fingerprint density at radius 2 is 1.40 bits per heavy atom. The van der Waals surface area contributed by atoms with Gasteiger partial charge in [0.05, 0.1) is 5.56 Å². The number of fused-ring (bicyclic) bond motifs is 2. The van der Waals surface area contributed by atoms with E-state index in [2.05, 4.69) is 38.5 Å². The third-order valence-electron chi connectivity index (χ3n) is 7.61. The van der Waals surface area contributed by atoms with Crippen LogP contribution in [-0.4, -0.2) is 48.8 Å². The molecule has 0 spiro atoms. The van der Waals surface area contributed by atoms with E-state index >= 15 is 0 Å². The maximum absolute atomic E-state index is 11.0. The molecule has 208 valence electrons. The van der Waals surface area contributed by atoms with E-state index in [9.17, 15) is 15.5 Å². The molecule has 0 radical (unpaired) electrons. The molecule has 2 aliphatic heterocycles. The maximum Gasteiger partial charge on any atom is 0.306 e. The lowest BCUT2D eigenvalue weighted by atomic mass is 9.97. The molecule has 0 unspecified atom stereocenters. The molecule has 0 saturated heterocycles. The van der Waals surface area contributed by atoms with Gasteiger partial charge in [-0.2, -0.15) is 5.26 Å². The summed E-state index contributed by atoms with van der Waals surface area (Å²) in [5.74, 6) is 0.156. The highest BCUT2D eigenvalue weighted by atomic mass is 16.3. The minimum Gasteiger partial charge on any atom is -0.507 e. The number of phenolic OH excluding ortho intramolecular Hbond substituents is 2. The van der Waals surface area contributed by atoms with E-state index < -0.39 is 0 Å². The van der Waals surface area contributed by atoms with Crippen molar-refractivity contribution in [3.05, 3.63) is 69.5 Å². The molecule has 2 aromatic carbocycles. The molecule has 0 aromatic heterocycles. The minimum absolute atomic E-state index is 0.156. The summed E-state index contributed by atoms with van der Waals surface area (Å²) in [4.78, 5) is 16.5. The van der Waals surface area contributed by atoms with Crippen molar-refractivity contribution in [1.82, 2.24) is 0 Å². The fourth-order valence-electron chi connectivity index (χ4n) is 5.42. The van der Waals surface area contributed by atoms with Crippen LogP contribution in [0.1, 0.15) is 74.6 Å². The number of hydrogen-bond acceptors (Lipinski definition) is 7. The number of hydrogen-bond donors (Lipinski definition) is 2. The van der Waals surface area contributed by atoms with E-state index in [0.29, 0.717) is 11.1 Å². The Bertz CT molecular complexity index is 1290. The van der Waals surface area contributed by atoms with Crippen LogP contribution in [0.15, 0.2) is 45.8 Å². The number of unbranched alkanes of at least 4 members (excludes halogenated alkanes) is 2.